The van der Waals surface area contributed by atoms with Crippen LogP contribution in [0, 0.1) is 5.41 Å². The number of carbonyl (C=O) groups is 1. The van der Waals surface area contributed by atoms with Crippen LogP contribution in [-0.2, 0) is 11.3 Å². The van der Waals surface area contributed by atoms with Gasteiger partial charge in [0.1, 0.15) is 5.75 Å². The van der Waals surface area contributed by atoms with Gasteiger partial charge < -0.3 is 19.4 Å². The summed E-state index contributed by atoms with van der Waals surface area (Å²) in [5.74, 6) is 1.59. The number of carbonyl (C=O) groups excluding carboxylic acids is 1. The number of H-pyrrole nitrogens is 1. The molecule has 0 spiro atoms. The minimum Gasteiger partial charge on any atom is -0.495 e. The fourth-order valence-corrected chi connectivity index (χ4v) is 4.91. The van der Waals surface area contributed by atoms with Crippen molar-refractivity contribution >= 4 is 29.1 Å². The first-order valence-electron chi connectivity index (χ1n) is 12.5. The van der Waals surface area contributed by atoms with Crippen molar-refractivity contribution in [2.24, 2.45) is 5.41 Å². The number of piperazine rings is 2. The Balaban J connectivity index is 1.34. The molecule has 2 aliphatic rings. The van der Waals surface area contributed by atoms with E-state index in [-0.39, 0.29) is 16.9 Å². The SMILES string of the molecule is COc1ccc(Cl)cc1N1CCN(Cc2cc(=O)[nH]c(N3CCN(C(=O)CC(C)(C)C)CC3)n2)CC1. The molecule has 1 amide bonds. The fraction of sp³-hybridized carbons (Fsp3) is 0.577. The molecule has 10 heteroatoms. The number of nitrogens with one attached hydrogen (secondary N) is 1. The highest BCUT2D eigenvalue weighted by molar-refractivity contribution is 6.30. The van der Waals surface area contributed by atoms with Crippen LogP contribution in [0.15, 0.2) is 29.1 Å². The van der Waals surface area contributed by atoms with Gasteiger partial charge in [0.05, 0.1) is 18.5 Å². The van der Waals surface area contributed by atoms with Gasteiger partial charge in [-0.3, -0.25) is 19.5 Å². The van der Waals surface area contributed by atoms with Crippen LogP contribution in [0.4, 0.5) is 11.6 Å². The molecular weight excluding hydrogens is 480 g/mol. The van der Waals surface area contributed by atoms with Crippen LogP contribution in [0.2, 0.25) is 5.02 Å². The van der Waals surface area contributed by atoms with Crippen molar-refractivity contribution < 1.29 is 9.53 Å². The maximum Gasteiger partial charge on any atom is 0.252 e. The number of methoxy groups -OCH3 is 1. The van der Waals surface area contributed by atoms with Crippen LogP contribution in [0.3, 0.4) is 0 Å². The van der Waals surface area contributed by atoms with E-state index >= 15 is 0 Å². The van der Waals surface area contributed by atoms with Gasteiger partial charge in [0, 0.05) is 76.4 Å². The third kappa shape index (κ3) is 6.70. The highest BCUT2D eigenvalue weighted by Crippen LogP contribution is 2.32. The largest absolute Gasteiger partial charge is 0.495 e. The molecule has 0 unspecified atom stereocenters. The van der Waals surface area contributed by atoms with E-state index < -0.39 is 0 Å². The van der Waals surface area contributed by atoms with Crippen molar-refractivity contribution in [2.75, 3.05) is 69.3 Å². The number of hydrogen-bond acceptors (Lipinski definition) is 7. The number of rotatable bonds is 6. The van der Waals surface area contributed by atoms with Gasteiger partial charge in [-0.2, -0.15) is 0 Å². The summed E-state index contributed by atoms with van der Waals surface area (Å²) in [5.41, 5.74) is 1.58. The third-order valence-corrected chi connectivity index (χ3v) is 6.87. The molecule has 0 atom stereocenters. The zero-order chi connectivity index (χ0) is 25.9. The molecule has 1 aromatic heterocycles. The molecule has 2 fully saturated rings. The molecule has 2 saturated heterocycles. The predicted molar refractivity (Wildman–Crippen MR) is 143 cm³/mol. The average Bonchev–Trinajstić information content (AvgIpc) is 2.83. The van der Waals surface area contributed by atoms with Crippen molar-refractivity contribution in [1.29, 1.82) is 0 Å². The second-order valence-corrected chi connectivity index (χ2v) is 11.2. The lowest BCUT2D eigenvalue weighted by Crippen LogP contribution is -2.50. The highest BCUT2D eigenvalue weighted by Gasteiger charge is 2.26. The van der Waals surface area contributed by atoms with Crippen molar-refractivity contribution in [1.82, 2.24) is 19.8 Å². The lowest BCUT2D eigenvalue weighted by atomic mass is 9.91. The maximum atomic E-state index is 12.6. The fourth-order valence-electron chi connectivity index (χ4n) is 4.74. The topological polar surface area (TPSA) is 85.0 Å². The molecule has 0 aliphatic carbocycles. The van der Waals surface area contributed by atoms with Gasteiger partial charge in [0.15, 0.2) is 0 Å². The number of anilines is 2. The molecule has 2 aromatic rings. The van der Waals surface area contributed by atoms with Crippen LogP contribution in [0.25, 0.3) is 0 Å². The second kappa shape index (κ2) is 11.1. The van der Waals surface area contributed by atoms with Gasteiger partial charge in [0.25, 0.3) is 5.56 Å². The summed E-state index contributed by atoms with van der Waals surface area (Å²) in [4.78, 5) is 41.2. The van der Waals surface area contributed by atoms with Crippen LogP contribution in [-0.4, -0.2) is 85.1 Å². The number of hydrogen-bond donors (Lipinski definition) is 1. The van der Waals surface area contributed by atoms with Crippen LogP contribution in [0.1, 0.15) is 32.9 Å². The molecule has 0 radical (unpaired) electrons. The van der Waals surface area contributed by atoms with Crippen LogP contribution < -0.4 is 20.1 Å². The summed E-state index contributed by atoms with van der Waals surface area (Å²) in [5, 5.41) is 0.688. The summed E-state index contributed by atoms with van der Waals surface area (Å²) in [6.07, 6.45) is 0.537. The number of aromatic amines is 1. The lowest BCUT2D eigenvalue weighted by Gasteiger charge is -2.37. The first-order valence-corrected chi connectivity index (χ1v) is 12.9. The molecule has 1 aromatic carbocycles. The standard InChI is InChI=1S/C26H37ClN6O3/c1-26(2,3)17-24(35)32-11-13-33(14-12-32)25-28-20(16-23(34)29-25)18-30-7-9-31(10-8-30)21-15-19(27)5-6-22(21)36-4/h5-6,15-16H,7-14,17-18H2,1-4H3,(H,28,29,34). The molecule has 36 heavy (non-hydrogen) atoms. The zero-order valence-corrected chi connectivity index (χ0v) is 22.5. The number of ether oxygens (including phenoxy) is 1. The Morgan fingerprint density at radius 1 is 1.03 bits per heavy atom. The van der Waals surface area contributed by atoms with E-state index in [1.54, 1.807) is 13.2 Å². The van der Waals surface area contributed by atoms with Gasteiger partial charge in [0.2, 0.25) is 11.9 Å². The first kappa shape index (κ1) is 26.3. The van der Waals surface area contributed by atoms with Gasteiger partial charge >= 0.3 is 0 Å². The quantitative estimate of drug-likeness (QED) is 0.632. The Bertz CT molecular complexity index is 1120. The lowest BCUT2D eigenvalue weighted by molar-refractivity contribution is -0.133. The molecule has 3 heterocycles. The van der Waals surface area contributed by atoms with Gasteiger partial charge in [-0.05, 0) is 23.6 Å². The predicted octanol–water partition coefficient (Wildman–Crippen LogP) is 2.84. The molecular formula is C26H37ClN6O3. The number of amides is 1. The summed E-state index contributed by atoms with van der Waals surface area (Å²) >= 11 is 6.21. The molecule has 196 valence electrons. The van der Waals surface area contributed by atoms with Crippen molar-refractivity contribution in [3.8, 4) is 5.75 Å². The Hall–Kier alpha value is -2.78. The van der Waals surface area contributed by atoms with E-state index in [1.807, 2.05) is 23.1 Å². The van der Waals surface area contributed by atoms with E-state index in [0.29, 0.717) is 50.1 Å². The minimum absolute atomic E-state index is 0.0267. The number of halogens is 1. The Morgan fingerprint density at radius 2 is 1.69 bits per heavy atom. The van der Waals surface area contributed by atoms with Gasteiger partial charge in [-0.1, -0.05) is 32.4 Å². The number of benzene rings is 1. The summed E-state index contributed by atoms with van der Waals surface area (Å²) in [7, 11) is 1.67. The van der Waals surface area contributed by atoms with E-state index in [1.165, 1.54) is 0 Å². The molecule has 9 nitrogen and oxygen atoms in total. The summed E-state index contributed by atoms with van der Waals surface area (Å²) in [6.45, 7) is 12.8. The smallest absolute Gasteiger partial charge is 0.252 e. The Labute approximate surface area is 218 Å². The van der Waals surface area contributed by atoms with E-state index in [9.17, 15) is 9.59 Å². The highest BCUT2D eigenvalue weighted by atomic mass is 35.5. The number of nitrogens with zero attached hydrogens (tertiary/aromatic N) is 5. The molecule has 0 bridgehead atoms. The van der Waals surface area contributed by atoms with Crippen molar-refractivity contribution in [3.63, 3.8) is 0 Å². The monoisotopic (exact) mass is 516 g/mol. The average molecular weight is 517 g/mol. The third-order valence-electron chi connectivity index (χ3n) is 6.64. The normalized spacial score (nSPS) is 17.4. The number of aromatic nitrogens is 2. The van der Waals surface area contributed by atoms with E-state index in [2.05, 4.69) is 40.5 Å². The zero-order valence-electron chi connectivity index (χ0n) is 21.7. The Morgan fingerprint density at radius 3 is 2.33 bits per heavy atom. The Kier molecular flexibility index (Phi) is 8.10. The van der Waals surface area contributed by atoms with Crippen LogP contribution >= 0.6 is 11.6 Å². The van der Waals surface area contributed by atoms with E-state index in [0.717, 1.165) is 43.3 Å². The molecule has 2 aliphatic heterocycles. The molecule has 0 saturated carbocycles. The first-order chi connectivity index (χ1) is 17.1. The maximum absolute atomic E-state index is 12.6. The van der Waals surface area contributed by atoms with E-state index in [4.69, 9.17) is 21.3 Å². The molecule has 1 N–H and O–H groups in total. The van der Waals surface area contributed by atoms with Gasteiger partial charge in [-0.25, -0.2) is 4.98 Å². The molecule has 4 rings (SSSR count). The van der Waals surface area contributed by atoms with Crippen LogP contribution in [0.5, 0.6) is 5.75 Å². The minimum atomic E-state index is -0.150. The van der Waals surface area contributed by atoms with Crippen molar-refractivity contribution in [2.45, 2.75) is 33.7 Å². The summed E-state index contributed by atoms with van der Waals surface area (Å²) < 4.78 is 5.51. The van der Waals surface area contributed by atoms with Crippen molar-refractivity contribution in [3.05, 3.63) is 45.3 Å². The summed E-state index contributed by atoms with van der Waals surface area (Å²) in [6, 6.07) is 7.25. The van der Waals surface area contributed by atoms with Gasteiger partial charge in [-0.15, -0.1) is 0 Å². The second-order valence-electron chi connectivity index (χ2n) is 10.7.